The molecule has 11 heteroatoms. The van der Waals surface area contributed by atoms with Gasteiger partial charge < -0.3 is 21.5 Å². The van der Waals surface area contributed by atoms with E-state index in [1.165, 1.54) is 12.1 Å². The van der Waals surface area contributed by atoms with Crippen LogP contribution in [0.3, 0.4) is 0 Å². The van der Waals surface area contributed by atoms with Crippen molar-refractivity contribution < 1.29 is 27.5 Å². The Hall–Kier alpha value is -2.40. The Morgan fingerprint density at radius 3 is 2.71 bits per heavy atom. The summed E-state index contributed by atoms with van der Waals surface area (Å²) in [5, 5.41) is 2.63. The molecule has 1 atom stereocenters. The Bertz CT molecular complexity index is 762. The lowest BCUT2D eigenvalue weighted by atomic mass is 10.1. The van der Waals surface area contributed by atoms with Crippen LogP contribution in [0.5, 0.6) is 5.75 Å². The number of benzene rings is 1. The van der Waals surface area contributed by atoms with Crippen molar-refractivity contribution >= 4 is 38.5 Å². The van der Waals surface area contributed by atoms with E-state index in [1.54, 1.807) is 0 Å². The van der Waals surface area contributed by atoms with Crippen molar-refractivity contribution in [1.82, 2.24) is 4.98 Å². The molecular weight excluding hydrogens is 349 g/mol. The van der Waals surface area contributed by atoms with Crippen LogP contribution in [0.4, 0.5) is 18.3 Å². The molecule has 0 fully saturated rings. The maximum absolute atomic E-state index is 12.2. The zero-order valence-corrected chi connectivity index (χ0v) is 12.9. The van der Waals surface area contributed by atoms with Gasteiger partial charge in [-0.3, -0.25) is 9.59 Å². The molecule has 0 saturated heterocycles. The number of aromatic nitrogens is 1. The highest BCUT2D eigenvalue weighted by Crippen LogP contribution is 2.31. The van der Waals surface area contributed by atoms with Gasteiger partial charge >= 0.3 is 6.36 Å². The molecule has 2 aromatic rings. The molecule has 0 spiro atoms. The molecule has 1 heterocycles. The minimum absolute atomic E-state index is 0.0351. The number of nitrogens with zero attached hydrogens (tertiary/aromatic N) is 1. The Labute approximate surface area is 137 Å². The standard InChI is InChI=1S/C13H13F3N4O3S/c14-13(15,16)23-6-1-3-8-9(5-6)24-12(19-8)20-11(22)7(17)2-4-10(18)21/h1,3,5,7H,2,4,17H2,(H2,18,21)(H,19,20,22)/t7-/m0/s1. The predicted octanol–water partition coefficient (Wildman–Crippen LogP) is 1.73. The van der Waals surface area contributed by atoms with Crippen LogP contribution in [0.25, 0.3) is 10.2 Å². The second kappa shape index (κ2) is 7.01. The number of carbonyl (C=O) groups excluding carboxylic acids is 2. The first-order valence-corrected chi connectivity index (χ1v) is 7.47. The second-order valence-corrected chi connectivity index (χ2v) is 5.83. The number of nitrogens with one attached hydrogen (secondary N) is 1. The quantitative estimate of drug-likeness (QED) is 0.723. The Balaban J connectivity index is 2.07. The third-order valence-electron chi connectivity index (χ3n) is 2.86. The molecule has 2 amide bonds. The number of alkyl halides is 3. The number of halogens is 3. The molecule has 0 bridgehead atoms. The Kier molecular flexibility index (Phi) is 5.24. The van der Waals surface area contributed by atoms with E-state index < -0.39 is 24.2 Å². The van der Waals surface area contributed by atoms with Gasteiger partial charge in [0.2, 0.25) is 11.8 Å². The maximum Gasteiger partial charge on any atom is 0.573 e. The normalized spacial score (nSPS) is 12.8. The molecule has 1 aromatic heterocycles. The minimum Gasteiger partial charge on any atom is -0.406 e. The van der Waals surface area contributed by atoms with E-state index in [0.29, 0.717) is 10.2 Å². The topological polar surface area (TPSA) is 120 Å². The van der Waals surface area contributed by atoms with Gasteiger partial charge in [0.15, 0.2) is 5.13 Å². The number of primary amides is 1. The number of nitrogens with two attached hydrogens (primary N) is 2. The third-order valence-corrected chi connectivity index (χ3v) is 3.80. The summed E-state index contributed by atoms with van der Waals surface area (Å²) in [4.78, 5) is 26.6. The molecule has 1 aromatic carbocycles. The molecule has 2 rings (SSSR count). The highest BCUT2D eigenvalue weighted by molar-refractivity contribution is 7.22. The van der Waals surface area contributed by atoms with Gasteiger partial charge in [0.05, 0.1) is 16.3 Å². The fraction of sp³-hybridized carbons (Fsp3) is 0.308. The summed E-state index contributed by atoms with van der Waals surface area (Å²) in [6.07, 6.45) is -4.75. The van der Waals surface area contributed by atoms with Crippen LogP contribution in [0.1, 0.15) is 12.8 Å². The number of anilines is 1. The summed E-state index contributed by atoms with van der Waals surface area (Å²) in [6, 6.07) is 2.69. The fourth-order valence-electron chi connectivity index (χ4n) is 1.78. The first-order chi connectivity index (χ1) is 11.1. The summed E-state index contributed by atoms with van der Waals surface area (Å²) in [5.74, 6) is -1.52. The summed E-state index contributed by atoms with van der Waals surface area (Å²) in [7, 11) is 0. The van der Waals surface area contributed by atoms with E-state index in [1.807, 2.05) is 0 Å². The van der Waals surface area contributed by atoms with E-state index in [9.17, 15) is 22.8 Å². The van der Waals surface area contributed by atoms with E-state index in [0.717, 1.165) is 17.4 Å². The zero-order valence-electron chi connectivity index (χ0n) is 12.1. The van der Waals surface area contributed by atoms with Crippen LogP contribution in [-0.4, -0.2) is 29.2 Å². The van der Waals surface area contributed by atoms with Crippen LogP contribution in [-0.2, 0) is 9.59 Å². The van der Waals surface area contributed by atoms with Gasteiger partial charge in [-0.05, 0) is 18.6 Å². The number of thiazole rings is 1. The number of hydrogen-bond acceptors (Lipinski definition) is 6. The highest BCUT2D eigenvalue weighted by Gasteiger charge is 2.31. The van der Waals surface area contributed by atoms with E-state index >= 15 is 0 Å². The number of carbonyl (C=O) groups is 2. The number of rotatable bonds is 6. The van der Waals surface area contributed by atoms with Crippen molar-refractivity contribution in [1.29, 1.82) is 0 Å². The van der Waals surface area contributed by atoms with Crippen molar-refractivity contribution in [3.8, 4) is 5.75 Å². The molecule has 5 N–H and O–H groups in total. The lowest BCUT2D eigenvalue weighted by molar-refractivity contribution is -0.274. The SMILES string of the molecule is NC(=O)CC[C@H](N)C(=O)Nc1nc2ccc(OC(F)(F)F)cc2s1. The van der Waals surface area contributed by atoms with Crippen molar-refractivity contribution in [3.05, 3.63) is 18.2 Å². The van der Waals surface area contributed by atoms with Gasteiger partial charge in [0, 0.05) is 12.5 Å². The fourth-order valence-corrected chi connectivity index (χ4v) is 2.68. The average molecular weight is 362 g/mol. The predicted molar refractivity (Wildman–Crippen MR) is 81.3 cm³/mol. The van der Waals surface area contributed by atoms with Crippen LogP contribution >= 0.6 is 11.3 Å². The van der Waals surface area contributed by atoms with Crippen LogP contribution in [0.15, 0.2) is 18.2 Å². The van der Waals surface area contributed by atoms with Crippen molar-refractivity contribution in [2.75, 3.05) is 5.32 Å². The number of fused-ring (bicyclic) bond motifs is 1. The molecule has 0 aliphatic rings. The number of ether oxygens (including phenoxy) is 1. The smallest absolute Gasteiger partial charge is 0.406 e. The van der Waals surface area contributed by atoms with Gasteiger partial charge in [0.25, 0.3) is 0 Å². The van der Waals surface area contributed by atoms with Crippen molar-refractivity contribution in [3.63, 3.8) is 0 Å². The van der Waals surface area contributed by atoms with Crippen LogP contribution < -0.4 is 21.5 Å². The van der Waals surface area contributed by atoms with Crippen molar-refractivity contribution in [2.24, 2.45) is 11.5 Å². The summed E-state index contributed by atoms with van der Waals surface area (Å²) >= 11 is 0.970. The van der Waals surface area contributed by atoms with Crippen LogP contribution in [0, 0.1) is 0 Å². The van der Waals surface area contributed by atoms with Gasteiger partial charge in [-0.2, -0.15) is 0 Å². The Morgan fingerprint density at radius 1 is 1.38 bits per heavy atom. The third kappa shape index (κ3) is 5.06. The molecular formula is C13H13F3N4O3S. The molecule has 0 radical (unpaired) electrons. The molecule has 130 valence electrons. The minimum atomic E-state index is -4.79. The monoisotopic (exact) mass is 362 g/mol. The zero-order chi connectivity index (χ0) is 17.9. The molecule has 0 aliphatic heterocycles. The largest absolute Gasteiger partial charge is 0.573 e. The first-order valence-electron chi connectivity index (χ1n) is 6.65. The molecule has 24 heavy (non-hydrogen) atoms. The van der Waals surface area contributed by atoms with Crippen molar-refractivity contribution in [2.45, 2.75) is 25.2 Å². The Morgan fingerprint density at radius 2 is 2.08 bits per heavy atom. The van der Waals surface area contributed by atoms with Gasteiger partial charge in [-0.1, -0.05) is 11.3 Å². The van der Waals surface area contributed by atoms with Gasteiger partial charge in [-0.15, -0.1) is 13.2 Å². The molecule has 0 saturated carbocycles. The van der Waals surface area contributed by atoms with E-state index in [2.05, 4.69) is 15.0 Å². The van der Waals surface area contributed by atoms with E-state index in [4.69, 9.17) is 11.5 Å². The number of hydrogen-bond donors (Lipinski definition) is 3. The van der Waals surface area contributed by atoms with Gasteiger partial charge in [0.1, 0.15) is 5.75 Å². The second-order valence-electron chi connectivity index (χ2n) is 4.80. The van der Waals surface area contributed by atoms with Crippen LogP contribution in [0.2, 0.25) is 0 Å². The van der Waals surface area contributed by atoms with E-state index in [-0.39, 0.29) is 23.7 Å². The summed E-state index contributed by atoms with van der Waals surface area (Å²) in [6.45, 7) is 0. The maximum atomic E-state index is 12.2. The lowest BCUT2D eigenvalue weighted by Gasteiger charge is -2.08. The first kappa shape index (κ1) is 17.9. The summed E-state index contributed by atoms with van der Waals surface area (Å²) in [5.41, 5.74) is 11.0. The molecule has 0 unspecified atom stereocenters. The number of amides is 2. The average Bonchev–Trinajstić information content (AvgIpc) is 2.84. The molecule has 0 aliphatic carbocycles. The van der Waals surface area contributed by atoms with Gasteiger partial charge in [-0.25, -0.2) is 4.98 Å². The lowest BCUT2D eigenvalue weighted by Crippen LogP contribution is -2.36. The summed E-state index contributed by atoms with van der Waals surface area (Å²) < 4.78 is 40.8. The molecule has 7 nitrogen and oxygen atoms in total. The highest BCUT2D eigenvalue weighted by atomic mass is 32.1.